The van der Waals surface area contributed by atoms with Gasteiger partial charge in [-0.25, -0.2) is 9.38 Å². The number of halogens is 2. The summed E-state index contributed by atoms with van der Waals surface area (Å²) in [6.07, 6.45) is 1.65. The average Bonchev–Trinajstić information content (AvgIpc) is 2.89. The molecule has 0 spiro atoms. The lowest BCUT2D eigenvalue weighted by Gasteiger charge is -2.10. The molecule has 0 saturated heterocycles. The summed E-state index contributed by atoms with van der Waals surface area (Å²) in [5, 5.41) is 14.2. The van der Waals surface area contributed by atoms with Gasteiger partial charge < -0.3 is 15.2 Å². The molecular weight excluding hydrogens is 398 g/mol. The minimum absolute atomic E-state index is 0. The first-order valence-corrected chi connectivity index (χ1v) is 6.78. The van der Waals surface area contributed by atoms with Crippen molar-refractivity contribution in [2.45, 2.75) is 20.0 Å². The van der Waals surface area contributed by atoms with Crippen LogP contribution in [0.2, 0.25) is 0 Å². The fourth-order valence-corrected chi connectivity index (χ4v) is 1.73. The number of benzene rings is 1. The quantitative estimate of drug-likeness (QED) is 0.442. The highest BCUT2D eigenvalue weighted by atomic mass is 127. The van der Waals surface area contributed by atoms with Gasteiger partial charge in [0.1, 0.15) is 12.1 Å². The van der Waals surface area contributed by atoms with Gasteiger partial charge in [-0.2, -0.15) is 0 Å². The van der Waals surface area contributed by atoms with E-state index in [2.05, 4.69) is 25.8 Å². The van der Waals surface area contributed by atoms with Crippen molar-refractivity contribution in [1.82, 2.24) is 25.4 Å². The smallest absolute Gasteiger partial charge is 0.191 e. The Labute approximate surface area is 146 Å². The fourth-order valence-electron chi connectivity index (χ4n) is 1.73. The monoisotopic (exact) mass is 418 g/mol. The number of aromatic nitrogens is 3. The van der Waals surface area contributed by atoms with Crippen molar-refractivity contribution in [2.24, 2.45) is 12.0 Å². The van der Waals surface area contributed by atoms with Gasteiger partial charge in [0, 0.05) is 13.6 Å². The Bertz CT molecular complexity index is 596. The zero-order chi connectivity index (χ0) is 15.1. The molecule has 8 heteroatoms. The van der Waals surface area contributed by atoms with E-state index in [1.54, 1.807) is 18.5 Å². The number of aryl methyl sites for hydroxylation is 1. The van der Waals surface area contributed by atoms with Gasteiger partial charge in [0.05, 0.1) is 13.1 Å². The normalized spacial score (nSPS) is 11.0. The maximum Gasteiger partial charge on any atom is 0.191 e. The van der Waals surface area contributed by atoms with Crippen LogP contribution in [0, 0.1) is 5.82 Å². The standard InChI is InChI=1S/C14H19FN6.HI/c1-3-16-14(18-9-13-20-19-10-21(13)2)17-8-11-4-6-12(15)7-5-11;/h4-7,10H,3,8-9H2,1-2H3,(H2,16,17,18);1H. The van der Waals surface area contributed by atoms with Crippen molar-refractivity contribution in [3.05, 3.63) is 47.8 Å². The molecule has 0 amide bonds. The molecule has 0 radical (unpaired) electrons. The molecule has 0 aliphatic heterocycles. The lowest BCUT2D eigenvalue weighted by molar-refractivity contribution is 0.627. The molecule has 6 nitrogen and oxygen atoms in total. The van der Waals surface area contributed by atoms with Gasteiger partial charge in [-0.3, -0.25) is 0 Å². The molecule has 0 fully saturated rings. The van der Waals surface area contributed by atoms with Crippen LogP contribution in [-0.4, -0.2) is 27.3 Å². The van der Waals surface area contributed by atoms with Crippen LogP contribution in [0.5, 0.6) is 0 Å². The van der Waals surface area contributed by atoms with E-state index in [9.17, 15) is 4.39 Å². The summed E-state index contributed by atoms with van der Waals surface area (Å²) in [6, 6.07) is 6.33. The lowest BCUT2D eigenvalue weighted by Crippen LogP contribution is -2.37. The van der Waals surface area contributed by atoms with Crippen LogP contribution in [-0.2, 0) is 20.1 Å². The van der Waals surface area contributed by atoms with Crippen molar-refractivity contribution in [2.75, 3.05) is 6.54 Å². The van der Waals surface area contributed by atoms with Crippen molar-refractivity contribution < 1.29 is 4.39 Å². The molecule has 0 atom stereocenters. The Kier molecular flexibility index (Phi) is 7.78. The first kappa shape index (κ1) is 18.3. The van der Waals surface area contributed by atoms with E-state index in [1.807, 2.05) is 18.5 Å². The Morgan fingerprint density at radius 2 is 2.00 bits per heavy atom. The van der Waals surface area contributed by atoms with E-state index in [0.29, 0.717) is 19.0 Å². The molecule has 0 bridgehead atoms. The Morgan fingerprint density at radius 1 is 1.27 bits per heavy atom. The Balaban J connectivity index is 0.00000242. The van der Waals surface area contributed by atoms with Gasteiger partial charge in [-0.15, -0.1) is 34.2 Å². The van der Waals surface area contributed by atoms with Gasteiger partial charge >= 0.3 is 0 Å². The molecule has 2 aromatic rings. The molecule has 1 aromatic carbocycles. The van der Waals surface area contributed by atoms with Crippen LogP contribution < -0.4 is 10.6 Å². The predicted molar refractivity (Wildman–Crippen MR) is 94.5 cm³/mol. The minimum Gasteiger partial charge on any atom is -0.357 e. The van der Waals surface area contributed by atoms with Gasteiger partial charge in [-0.05, 0) is 24.6 Å². The second-order valence-corrected chi connectivity index (χ2v) is 4.53. The molecule has 0 aliphatic rings. The predicted octanol–water partition coefficient (Wildman–Crippen LogP) is 1.83. The molecule has 22 heavy (non-hydrogen) atoms. The van der Waals surface area contributed by atoms with Gasteiger partial charge in [-0.1, -0.05) is 12.1 Å². The fraction of sp³-hybridized carbons (Fsp3) is 0.357. The molecule has 2 N–H and O–H groups in total. The van der Waals surface area contributed by atoms with E-state index in [1.165, 1.54) is 12.1 Å². The Morgan fingerprint density at radius 3 is 2.59 bits per heavy atom. The summed E-state index contributed by atoms with van der Waals surface area (Å²) in [4.78, 5) is 4.46. The van der Waals surface area contributed by atoms with Gasteiger partial charge in [0.15, 0.2) is 11.8 Å². The van der Waals surface area contributed by atoms with Crippen LogP contribution in [0.1, 0.15) is 18.3 Å². The van der Waals surface area contributed by atoms with Crippen molar-refractivity contribution in [1.29, 1.82) is 0 Å². The number of guanidine groups is 1. The summed E-state index contributed by atoms with van der Waals surface area (Å²) in [7, 11) is 1.89. The topological polar surface area (TPSA) is 67.1 Å². The molecule has 0 unspecified atom stereocenters. The number of hydrogen-bond donors (Lipinski definition) is 2. The number of nitrogens with zero attached hydrogens (tertiary/aromatic N) is 4. The largest absolute Gasteiger partial charge is 0.357 e. The third kappa shape index (κ3) is 5.58. The first-order valence-electron chi connectivity index (χ1n) is 6.78. The molecule has 2 rings (SSSR count). The van der Waals surface area contributed by atoms with E-state index >= 15 is 0 Å². The first-order chi connectivity index (χ1) is 10.2. The molecule has 0 saturated carbocycles. The average molecular weight is 418 g/mol. The lowest BCUT2D eigenvalue weighted by atomic mass is 10.2. The van der Waals surface area contributed by atoms with Crippen molar-refractivity contribution in [3.63, 3.8) is 0 Å². The third-order valence-corrected chi connectivity index (χ3v) is 2.90. The molecule has 0 aliphatic carbocycles. The number of rotatable bonds is 5. The Hall–Kier alpha value is -1.71. The van der Waals surface area contributed by atoms with Gasteiger partial charge in [0.2, 0.25) is 0 Å². The highest BCUT2D eigenvalue weighted by Crippen LogP contribution is 2.03. The van der Waals surface area contributed by atoms with Gasteiger partial charge in [0.25, 0.3) is 0 Å². The summed E-state index contributed by atoms with van der Waals surface area (Å²) in [6.45, 7) is 3.77. The molecular formula is C14H20FIN6. The second-order valence-electron chi connectivity index (χ2n) is 4.53. The molecule has 120 valence electrons. The SMILES string of the molecule is CCNC(=NCc1ccc(F)cc1)NCc1nncn1C.I. The zero-order valence-corrected chi connectivity index (χ0v) is 14.9. The maximum absolute atomic E-state index is 12.8. The number of aliphatic imine (C=N–C) groups is 1. The van der Waals surface area contributed by atoms with Crippen molar-refractivity contribution in [3.8, 4) is 0 Å². The molecule has 1 aromatic heterocycles. The van der Waals surface area contributed by atoms with E-state index in [0.717, 1.165) is 17.9 Å². The van der Waals surface area contributed by atoms with E-state index in [4.69, 9.17) is 0 Å². The van der Waals surface area contributed by atoms with Crippen LogP contribution >= 0.6 is 24.0 Å². The van der Waals surface area contributed by atoms with Crippen LogP contribution in [0.25, 0.3) is 0 Å². The summed E-state index contributed by atoms with van der Waals surface area (Å²) in [5.41, 5.74) is 0.951. The highest BCUT2D eigenvalue weighted by molar-refractivity contribution is 14.0. The third-order valence-electron chi connectivity index (χ3n) is 2.90. The van der Waals surface area contributed by atoms with E-state index in [-0.39, 0.29) is 29.8 Å². The van der Waals surface area contributed by atoms with Crippen LogP contribution in [0.4, 0.5) is 4.39 Å². The van der Waals surface area contributed by atoms with Crippen LogP contribution in [0.3, 0.4) is 0 Å². The number of hydrogen-bond acceptors (Lipinski definition) is 3. The zero-order valence-electron chi connectivity index (χ0n) is 12.6. The molecule has 1 heterocycles. The second kappa shape index (κ2) is 9.34. The van der Waals surface area contributed by atoms with Crippen LogP contribution in [0.15, 0.2) is 35.6 Å². The maximum atomic E-state index is 12.8. The van der Waals surface area contributed by atoms with E-state index < -0.39 is 0 Å². The summed E-state index contributed by atoms with van der Waals surface area (Å²) < 4.78 is 14.7. The minimum atomic E-state index is -0.241. The van der Waals surface area contributed by atoms with Crippen molar-refractivity contribution >= 4 is 29.9 Å². The summed E-state index contributed by atoms with van der Waals surface area (Å²) >= 11 is 0. The number of nitrogens with one attached hydrogen (secondary N) is 2. The summed E-state index contributed by atoms with van der Waals surface area (Å²) in [5.74, 6) is 1.27. The highest BCUT2D eigenvalue weighted by Gasteiger charge is 2.02.